The van der Waals surface area contributed by atoms with Crippen molar-refractivity contribution in [1.29, 1.82) is 0 Å². The second-order valence-corrected chi connectivity index (χ2v) is 5.53. The fraction of sp³-hybridized carbons (Fsp3) is 0.533. The van der Waals surface area contributed by atoms with Gasteiger partial charge in [0.25, 0.3) is 0 Å². The minimum Gasteiger partial charge on any atom is -0.454 e. The molecule has 3 rings (SSSR count). The zero-order valence-corrected chi connectivity index (χ0v) is 11.4. The Morgan fingerprint density at radius 1 is 1.30 bits per heavy atom. The molecule has 2 atom stereocenters. The van der Waals surface area contributed by atoms with Crippen LogP contribution in [0, 0.1) is 5.92 Å². The van der Waals surface area contributed by atoms with Gasteiger partial charge in [0.2, 0.25) is 12.7 Å². The molecule has 0 bridgehead atoms. The first kappa shape index (κ1) is 13.2. The van der Waals surface area contributed by atoms with E-state index in [0.29, 0.717) is 6.54 Å². The molecule has 1 aromatic carbocycles. The van der Waals surface area contributed by atoms with Crippen molar-refractivity contribution in [2.75, 3.05) is 6.79 Å². The number of carbonyl (C=O) groups is 1. The van der Waals surface area contributed by atoms with Gasteiger partial charge >= 0.3 is 0 Å². The fourth-order valence-corrected chi connectivity index (χ4v) is 2.85. The lowest BCUT2D eigenvalue weighted by Gasteiger charge is -2.25. The predicted octanol–water partition coefficient (Wildman–Crippen LogP) is 1.55. The second-order valence-electron chi connectivity index (χ2n) is 5.53. The number of nitrogens with one attached hydrogen (secondary N) is 1. The molecule has 2 aliphatic rings. The van der Waals surface area contributed by atoms with Crippen molar-refractivity contribution in [2.24, 2.45) is 11.7 Å². The Bertz CT molecular complexity index is 504. The van der Waals surface area contributed by atoms with Crippen molar-refractivity contribution in [3.63, 3.8) is 0 Å². The molecule has 0 saturated heterocycles. The smallest absolute Gasteiger partial charge is 0.231 e. The Morgan fingerprint density at radius 2 is 2.15 bits per heavy atom. The average Bonchev–Trinajstić information content (AvgIpc) is 2.92. The van der Waals surface area contributed by atoms with Crippen LogP contribution in [-0.4, -0.2) is 18.7 Å². The average molecular weight is 276 g/mol. The first-order chi connectivity index (χ1) is 9.72. The largest absolute Gasteiger partial charge is 0.454 e. The highest BCUT2D eigenvalue weighted by Gasteiger charge is 2.25. The maximum Gasteiger partial charge on any atom is 0.231 e. The third-order valence-electron chi connectivity index (χ3n) is 3.99. The summed E-state index contributed by atoms with van der Waals surface area (Å²) in [5.74, 6) is 1.68. The molecule has 1 amide bonds. The van der Waals surface area contributed by atoms with E-state index in [9.17, 15) is 4.79 Å². The molecule has 0 spiro atoms. The monoisotopic (exact) mass is 276 g/mol. The van der Waals surface area contributed by atoms with E-state index < -0.39 is 0 Å². The lowest BCUT2D eigenvalue weighted by atomic mass is 9.85. The highest BCUT2D eigenvalue weighted by atomic mass is 16.7. The summed E-state index contributed by atoms with van der Waals surface area (Å²) in [4.78, 5) is 12.1. The van der Waals surface area contributed by atoms with Crippen molar-refractivity contribution >= 4 is 5.91 Å². The highest BCUT2D eigenvalue weighted by Crippen LogP contribution is 2.32. The van der Waals surface area contributed by atoms with Crippen LogP contribution in [0.25, 0.3) is 0 Å². The molecule has 108 valence electrons. The van der Waals surface area contributed by atoms with Crippen molar-refractivity contribution in [1.82, 2.24) is 5.32 Å². The maximum atomic E-state index is 12.1. The second kappa shape index (κ2) is 5.71. The summed E-state index contributed by atoms with van der Waals surface area (Å²) in [6.45, 7) is 0.784. The number of ether oxygens (including phenoxy) is 2. The molecule has 5 heteroatoms. The van der Waals surface area contributed by atoms with Gasteiger partial charge in [-0.15, -0.1) is 0 Å². The Kier molecular flexibility index (Phi) is 3.78. The zero-order valence-electron chi connectivity index (χ0n) is 11.4. The van der Waals surface area contributed by atoms with Crippen LogP contribution >= 0.6 is 0 Å². The minimum atomic E-state index is 0.0627. The molecule has 0 aromatic heterocycles. The Labute approximate surface area is 118 Å². The van der Waals surface area contributed by atoms with Crippen LogP contribution in [0.4, 0.5) is 0 Å². The SMILES string of the molecule is NC1CCCC(C(=O)NCc2ccc3c(c2)OCO3)C1. The lowest BCUT2D eigenvalue weighted by Crippen LogP contribution is -2.37. The number of carbonyl (C=O) groups excluding carboxylic acids is 1. The van der Waals surface area contributed by atoms with E-state index in [0.717, 1.165) is 42.7 Å². The molecule has 2 unspecified atom stereocenters. The van der Waals surface area contributed by atoms with Crippen LogP contribution in [0.15, 0.2) is 18.2 Å². The van der Waals surface area contributed by atoms with Gasteiger partial charge in [-0.2, -0.15) is 0 Å². The number of benzene rings is 1. The van der Waals surface area contributed by atoms with E-state index in [2.05, 4.69) is 5.32 Å². The van der Waals surface area contributed by atoms with Crippen molar-refractivity contribution < 1.29 is 14.3 Å². The van der Waals surface area contributed by atoms with Crippen LogP contribution in [0.5, 0.6) is 11.5 Å². The van der Waals surface area contributed by atoms with Gasteiger partial charge in [-0.05, 0) is 37.0 Å². The predicted molar refractivity (Wildman–Crippen MR) is 74.3 cm³/mol. The van der Waals surface area contributed by atoms with Gasteiger partial charge in [0.15, 0.2) is 11.5 Å². The lowest BCUT2D eigenvalue weighted by molar-refractivity contribution is -0.126. The molecule has 1 saturated carbocycles. The summed E-state index contributed by atoms with van der Waals surface area (Å²) in [7, 11) is 0. The molecule has 1 fully saturated rings. The van der Waals surface area contributed by atoms with Gasteiger partial charge < -0.3 is 20.5 Å². The van der Waals surface area contributed by atoms with Crippen LogP contribution in [0.1, 0.15) is 31.2 Å². The molecule has 1 aliphatic heterocycles. The normalized spacial score (nSPS) is 24.4. The summed E-state index contributed by atoms with van der Waals surface area (Å²) in [6, 6.07) is 5.90. The number of hydrogen-bond donors (Lipinski definition) is 2. The van der Waals surface area contributed by atoms with Gasteiger partial charge in [-0.1, -0.05) is 12.5 Å². The summed E-state index contributed by atoms with van der Waals surface area (Å²) >= 11 is 0. The van der Waals surface area contributed by atoms with Crippen LogP contribution in [0.3, 0.4) is 0 Å². The molecule has 1 aromatic rings. The van der Waals surface area contributed by atoms with Crippen molar-refractivity contribution in [3.05, 3.63) is 23.8 Å². The topological polar surface area (TPSA) is 73.6 Å². The standard InChI is InChI=1S/C15H20N2O3/c16-12-3-1-2-11(7-12)15(18)17-8-10-4-5-13-14(6-10)20-9-19-13/h4-6,11-12H,1-3,7-9,16H2,(H,17,18). The molecular weight excluding hydrogens is 256 g/mol. The molecule has 1 aliphatic carbocycles. The number of fused-ring (bicyclic) bond motifs is 1. The van der Waals surface area contributed by atoms with E-state index in [1.54, 1.807) is 0 Å². The number of nitrogens with two attached hydrogens (primary N) is 1. The summed E-state index contributed by atoms with van der Waals surface area (Å²) in [5.41, 5.74) is 6.94. The minimum absolute atomic E-state index is 0.0627. The van der Waals surface area contributed by atoms with Crippen LogP contribution < -0.4 is 20.5 Å². The quantitative estimate of drug-likeness (QED) is 0.878. The van der Waals surface area contributed by atoms with E-state index in [4.69, 9.17) is 15.2 Å². The third-order valence-corrected chi connectivity index (χ3v) is 3.99. The number of amides is 1. The van der Waals surface area contributed by atoms with Crippen LogP contribution in [0.2, 0.25) is 0 Å². The molecule has 20 heavy (non-hydrogen) atoms. The first-order valence-corrected chi connectivity index (χ1v) is 7.14. The molecule has 3 N–H and O–H groups in total. The molecule has 5 nitrogen and oxygen atoms in total. The maximum absolute atomic E-state index is 12.1. The van der Waals surface area contributed by atoms with Gasteiger partial charge in [-0.3, -0.25) is 4.79 Å². The van der Waals surface area contributed by atoms with Crippen molar-refractivity contribution in [2.45, 2.75) is 38.3 Å². The van der Waals surface area contributed by atoms with Gasteiger partial charge in [0.1, 0.15) is 0 Å². The van der Waals surface area contributed by atoms with E-state index in [1.165, 1.54) is 0 Å². The highest BCUT2D eigenvalue weighted by molar-refractivity contribution is 5.78. The molecule has 0 radical (unpaired) electrons. The van der Waals surface area contributed by atoms with Gasteiger partial charge in [-0.25, -0.2) is 0 Å². The summed E-state index contributed by atoms with van der Waals surface area (Å²) in [5, 5.41) is 2.99. The fourth-order valence-electron chi connectivity index (χ4n) is 2.85. The van der Waals surface area contributed by atoms with E-state index >= 15 is 0 Å². The van der Waals surface area contributed by atoms with E-state index in [1.807, 2.05) is 18.2 Å². The third kappa shape index (κ3) is 2.88. The number of rotatable bonds is 3. The molecule has 1 heterocycles. The first-order valence-electron chi connectivity index (χ1n) is 7.14. The van der Waals surface area contributed by atoms with E-state index in [-0.39, 0.29) is 24.7 Å². The summed E-state index contributed by atoms with van der Waals surface area (Å²) < 4.78 is 10.6. The Morgan fingerprint density at radius 3 is 3.00 bits per heavy atom. The van der Waals surface area contributed by atoms with Crippen LogP contribution in [-0.2, 0) is 11.3 Å². The van der Waals surface area contributed by atoms with Gasteiger partial charge in [0.05, 0.1) is 0 Å². The number of hydrogen-bond acceptors (Lipinski definition) is 4. The van der Waals surface area contributed by atoms with Crippen molar-refractivity contribution in [3.8, 4) is 11.5 Å². The molecular formula is C15H20N2O3. The Balaban J connectivity index is 1.55. The Hall–Kier alpha value is -1.75. The zero-order chi connectivity index (χ0) is 13.9. The summed E-state index contributed by atoms with van der Waals surface area (Å²) in [6.07, 6.45) is 3.82. The van der Waals surface area contributed by atoms with Gasteiger partial charge in [0, 0.05) is 18.5 Å².